The largest absolute Gasteiger partial charge is 0.574 e. The molecule has 0 saturated heterocycles. The van der Waals surface area contributed by atoms with Crippen LogP contribution in [0.25, 0.3) is 0 Å². The first-order chi connectivity index (χ1) is 6.83. The highest BCUT2D eigenvalue weighted by Gasteiger charge is 2.33. The quantitative estimate of drug-likeness (QED) is 0.748. The van der Waals surface area contributed by atoms with Crippen LogP contribution in [0.5, 0.6) is 5.88 Å². The topological polar surface area (TPSA) is 45.9 Å². The first-order valence-electron chi connectivity index (χ1n) is 3.35. The standard InChI is InChI=1S/C7HBrClF3N2O/c8-4-1-3(2-13)5(9)14-6(4)15-7(10,11)12/h1H. The van der Waals surface area contributed by atoms with Gasteiger partial charge in [-0.15, -0.1) is 13.2 Å². The molecule has 0 radical (unpaired) electrons. The van der Waals surface area contributed by atoms with E-state index in [0.29, 0.717) is 0 Å². The fraction of sp³-hybridized carbons (Fsp3) is 0.143. The fourth-order valence-electron chi connectivity index (χ4n) is 0.710. The van der Waals surface area contributed by atoms with Gasteiger partial charge >= 0.3 is 6.36 Å². The molecule has 80 valence electrons. The molecule has 1 aromatic heterocycles. The van der Waals surface area contributed by atoms with Crippen LogP contribution in [0.4, 0.5) is 13.2 Å². The molecule has 8 heteroatoms. The number of ether oxygens (including phenoxy) is 1. The molecule has 0 aromatic carbocycles. The van der Waals surface area contributed by atoms with Gasteiger partial charge in [0, 0.05) is 0 Å². The van der Waals surface area contributed by atoms with Crippen LogP contribution >= 0.6 is 27.5 Å². The Hall–Kier alpha value is -1.00. The van der Waals surface area contributed by atoms with Crippen molar-refractivity contribution in [1.29, 1.82) is 5.26 Å². The Morgan fingerprint density at radius 2 is 2.13 bits per heavy atom. The Balaban J connectivity index is 3.13. The number of alkyl halides is 3. The van der Waals surface area contributed by atoms with E-state index in [0.717, 1.165) is 6.07 Å². The van der Waals surface area contributed by atoms with Gasteiger partial charge in [-0.25, -0.2) is 0 Å². The van der Waals surface area contributed by atoms with Crippen molar-refractivity contribution < 1.29 is 17.9 Å². The van der Waals surface area contributed by atoms with Crippen LogP contribution in [0.15, 0.2) is 10.5 Å². The highest BCUT2D eigenvalue weighted by atomic mass is 79.9. The van der Waals surface area contributed by atoms with Crippen molar-refractivity contribution >= 4 is 27.5 Å². The number of halogens is 5. The normalized spacial score (nSPS) is 10.9. The summed E-state index contributed by atoms with van der Waals surface area (Å²) in [5.41, 5.74) is -0.0435. The molecule has 0 unspecified atom stereocenters. The summed E-state index contributed by atoms with van der Waals surface area (Å²) in [6, 6.07) is 2.76. The van der Waals surface area contributed by atoms with Gasteiger partial charge in [-0.05, 0) is 22.0 Å². The number of nitrogens with zero attached hydrogens (tertiary/aromatic N) is 2. The number of hydrogen-bond donors (Lipinski definition) is 0. The van der Waals surface area contributed by atoms with E-state index in [1.807, 2.05) is 0 Å². The lowest BCUT2D eigenvalue weighted by molar-refractivity contribution is -0.276. The molecule has 0 fully saturated rings. The summed E-state index contributed by atoms with van der Waals surface area (Å²) in [4.78, 5) is 3.28. The highest BCUT2D eigenvalue weighted by Crippen LogP contribution is 2.31. The van der Waals surface area contributed by atoms with Gasteiger partial charge < -0.3 is 4.74 Å². The monoisotopic (exact) mass is 300 g/mol. The lowest BCUT2D eigenvalue weighted by atomic mass is 10.3. The van der Waals surface area contributed by atoms with E-state index in [1.165, 1.54) is 0 Å². The molecule has 1 rings (SSSR count). The minimum Gasteiger partial charge on any atom is -0.387 e. The van der Waals surface area contributed by atoms with E-state index < -0.39 is 12.2 Å². The van der Waals surface area contributed by atoms with Crippen molar-refractivity contribution in [3.05, 3.63) is 21.3 Å². The van der Waals surface area contributed by atoms with Gasteiger partial charge in [0.05, 0.1) is 10.0 Å². The molecule has 0 aliphatic carbocycles. The zero-order chi connectivity index (χ0) is 11.6. The molecule has 1 heterocycles. The molecule has 0 aliphatic heterocycles. The number of aromatic nitrogens is 1. The molecule has 0 spiro atoms. The summed E-state index contributed by atoms with van der Waals surface area (Å²) >= 11 is 8.21. The Morgan fingerprint density at radius 1 is 1.53 bits per heavy atom. The van der Waals surface area contributed by atoms with Crippen LogP contribution in [0.1, 0.15) is 5.56 Å². The van der Waals surface area contributed by atoms with Crippen LogP contribution in [0.2, 0.25) is 5.15 Å². The maximum Gasteiger partial charge on any atom is 0.574 e. The molecular formula is C7HBrClF3N2O. The fourth-order valence-corrected chi connectivity index (χ4v) is 1.28. The van der Waals surface area contributed by atoms with Crippen molar-refractivity contribution in [3.8, 4) is 11.9 Å². The van der Waals surface area contributed by atoms with Crippen molar-refractivity contribution in [3.63, 3.8) is 0 Å². The highest BCUT2D eigenvalue weighted by molar-refractivity contribution is 9.10. The Labute approximate surface area is 95.6 Å². The van der Waals surface area contributed by atoms with Gasteiger partial charge in [0.2, 0.25) is 5.88 Å². The van der Waals surface area contributed by atoms with Gasteiger partial charge in [0.1, 0.15) is 6.07 Å². The zero-order valence-electron chi connectivity index (χ0n) is 6.77. The smallest absolute Gasteiger partial charge is 0.387 e. The predicted octanol–water partition coefficient (Wildman–Crippen LogP) is 3.27. The Kier molecular flexibility index (Phi) is 3.42. The van der Waals surface area contributed by atoms with Gasteiger partial charge in [-0.2, -0.15) is 10.2 Å². The van der Waals surface area contributed by atoms with Crippen molar-refractivity contribution in [2.45, 2.75) is 6.36 Å². The van der Waals surface area contributed by atoms with Crippen LogP contribution in [0.3, 0.4) is 0 Å². The summed E-state index contributed by atoms with van der Waals surface area (Å²) in [6.45, 7) is 0. The van der Waals surface area contributed by atoms with Crippen molar-refractivity contribution in [2.24, 2.45) is 0 Å². The van der Waals surface area contributed by atoms with E-state index in [4.69, 9.17) is 16.9 Å². The number of pyridine rings is 1. The number of hydrogen-bond acceptors (Lipinski definition) is 3. The van der Waals surface area contributed by atoms with Crippen LogP contribution in [0, 0.1) is 11.3 Å². The lowest BCUT2D eigenvalue weighted by Crippen LogP contribution is -2.18. The molecule has 0 atom stereocenters. The zero-order valence-corrected chi connectivity index (χ0v) is 9.11. The third kappa shape index (κ3) is 3.25. The second kappa shape index (κ2) is 4.24. The second-order valence-corrected chi connectivity index (χ2v) is 3.49. The number of nitriles is 1. The maximum absolute atomic E-state index is 11.8. The third-order valence-corrected chi connectivity index (χ3v) is 2.09. The van der Waals surface area contributed by atoms with Gasteiger partial charge in [0.25, 0.3) is 0 Å². The second-order valence-electron chi connectivity index (χ2n) is 2.27. The van der Waals surface area contributed by atoms with E-state index >= 15 is 0 Å². The van der Waals surface area contributed by atoms with Gasteiger partial charge in [-0.1, -0.05) is 11.6 Å². The van der Waals surface area contributed by atoms with Gasteiger partial charge in [-0.3, -0.25) is 0 Å². The average molecular weight is 301 g/mol. The summed E-state index contributed by atoms with van der Waals surface area (Å²) in [7, 11) is 0. The molecule has 0 aliphatic rings. The SMILES string of the molecule is N#Cc1cc(Br)c(OC(F)(F)F)nc1Cl. The van der Waals surface area contributed by atoms with Crippen molar-refractivity contribution in [2.75, 3.05) is 0 Å². The van der Waals surface area contributed by atoms with E-state index in [1.54, 1.807) is 6.07 Å². The average Bonchev–Trinajstić information content (AvgIpc) is 2.08. The molecule has 3 nitrogen and oxygen atoms in total. The molecule has 0 saturated carbocycles. The number of rotatable bonds is 1. The summed E-state index contributed by atoms with van der Waals surface area (Å²) in [5.74, 6) is -0.730. The van der Waals surface area contributed by atoms with Gasteiger partial charge in [0.15, 0.2) is 5.15 Å². The lowest BCUT2D eigenvalue weighted by Gasteiger charge is -2.09. The van der Waals surface area contributed by atoms with Crippen LogP contribution in [-0.2, 0) is 0 Å². The van der Waals surface area contributed by atoms with Crippen LogP contribution < -0.4 is 4.74 Å². The molecule has 0 amide bonds. The van der Waals surface area contributed by atoms with Crippen LogP contribution in [-0.4, -0.2) is 11.3 Å². The summed E-state index contributed by atoms with van der Waals surface area (Å²) < 4.78 is 39.0. The van der Waals surface area contributed by atoms with Crippen molar-refractivity contribution in [1.82, 2.24) is 4.98 Å². The predicted molar refractivity (Wildman–Crippen MR) is 48.3 cm³/mol. The minimum atomic E-state index is -4.85. The third-order valence-electron chi connectivity index (χ3n) is 1.23. The Bertz CT molecular complexity index is 429. The minimum absolute atomic E-state index is 0.0435. The maximum atomic E-state index is 11.8. The molecular weight excluding hydrogens is 300 g/mol. The molecule has 0 bridgehead atoms. The molecule has 1 aromatic rings. The van der Waals surface area contributed by atoms with E-state index in [-0.39, 0.29) is 15.2 Å². The van der Waals surface area contributed by atoms with E-state index in [9.17, 15) is 13.2 Å². The summed E-state index contributed by atoms with van der Waals surface area (Å²) in [6.07, 6.45) is -4.85. The first-order valence-corrected chi connectivity index (χ1v) is 4.52. The Morgan fingerprint density at radius 3 is 2.60 bits per heavy atom. The molecule has 15 heavy (non-hydrogen) atoms. The summed E-state index contributed by atoms with van der Waals surface area (Å²) in [5, 5.41) is 8.16. The van der Waals surface area contributed by atoms with E-state index in [2.05, 4.69) is 25.7 Å². The first kappa shape index (κ1) is 12.1. The molecule has 0 N–H and O–H groups in total.